The molecule has 3 rings (SSSR count). The number of nitrogens with zero attached hydrogens (tertiary/aromatic N) is 1. The number of benzene rings is 3. The molecule has 0 bridgehead atoms. The molecule has 0 saturated carbocycles. The number of aryl methyl sites for hydroxylation is 1. The molecule has 3 aromatic rings. The number of hydrogen-bond acceptors (Lipinski definition) is 2. The van der Waals surface area contributed by atoms with Crippen molar-refractivity contribution in [3.63, 3.8) is 0 Å². The highest BCUT2D eigenvalue weighted by Crippen LogP contribution is 2.27. The van der Waals surface area contributed by atoms with Crippen LogP contribution in [-0.4, -0.2) is 10.2 Å². The van der Waals surface area contributed by atoms with Crippen molar-refractivity contribution in [1.29, 1.82) is 0 Å². The Morgan fingerprint density at radius 2 is 1.89 bits per heavy atom. The first kappa shape index (κ1) is 19.1. The maximum Gasteiger partial charge on any atom is 0.178 e. The second kappa shape index (κ2) is 8.37. The molecule has 0 radical (unpaired) electrons. The van der Waals surface area contributed by atoms with Crippen molar-refractivity contribution in [2.45, 2.75) is 13.5 Å². The van der Waals surface area contributed by atoms with Crippen LogP contribution in [0.2, 0.25) is 5.02 Å². The number of hydrogen-bond donors (Lipinski definition) is 2. The fourth-order valence-electron chi connectivity index (χ4n) is 2.66. The lowest BCUT2D eigenvalue weighted by Gasteiger charge is -2.27. The van der Waals surface area contributed by atoms with E-state index < -0.39 is 5.82 Å². The highest BCUT2D eigenvalue weighted by atomic mass is 35.5. The maximum absolute atomic E-state index is 13.6. The van der Waals surface area contributed by atoms with Gasteiger partial charge in [-0.25, -0.2) is 4.39 Å². The van der Waals surface area contributed by atoms with E-state index in [4.69, 9.17) is 23.8 Å². The molecule has 0 aliphatic carbocycles. The van der Waals surface area contributed by atoms with Crippen molar-refractivity contribution >= 4 is 40.3 Å². The molecular weight excluding hydrogens is 383 g/mol. The van der Waals surface area contributed by atoms with Crippen LogP contribution < -0.4 is 10.2 Å². The summed E-state index contributed by atoms with van der Waals surface area (Å²) in [6.07, 6.45) is 0. The maximum atomic E-state index is 13.6. The van der Waals surface area contributed by atoms with Gasteiger partial charge in [0.25, 0.3) is 0 Å². The quantitative estimate of drug-likeness (QED) is 0.535. The number of para-hydroxylation sites is 1. The van der Waals surface area contributed by atoms with Crippen molar-refractivity contribution in [3.8, 4) is 5.75 Å². The first-order valence-corrected chi connectivity index (χ1v) is 9.10. The minimum Gasteiger partial charge on any atom is -0.508 e. The Balaban J connectivity index is 1.94. The molecule has 3 nitrogen and oxygen atoms in total. The van der Waals surface area contributed by atoms with Gasteiger partial charge in [0.15, 0.2) is 5.11 Å². The lowest BCUT2D eigenvalue weighted by atomic mass is 10.1. The summed E-state index contributed by atoms with van der Waals surface area (Å²) in [5.41, 5.74) is 3.25. The van der Waals surface area contributed by atoms with Gasteiger partial charge < -0.3 is 15.3 Å². The Morgan fingerprint density at radius 3 is 2.59 bits per heavy atom. The third-order valence-corrected chi connectivity index (χ3v) is 4.66. The molecule has 0 atom stereocenters. The highest BCUT2D eigenvalue weighted by Gasteiger charge is 2.16. The summed E-state index contributed by atoms with van der Waals surface area (Å²) in [7, 11) is 0. The van der Waals surface area contributed by atoms with Gasteiger partial charge in [0, 0.05) is 16.9 Å². The Morgan fingerprint density at radius 1 is 1.11 bits per heavy atom. The number of thiocarbonyl (C=S) groups is 1. The van der Waals surface area contributed by atoms with E-state index in [-0.39, 0.29) is 10.8 Å². The van der Waals surface area contributed by atoms with Gasteiger partial charge >= 0.3 is 0 Å². The summed E-state index contributed by atoms with van der Waals surface area (Å²) in [4.78, 5) is 1.76. The molecule has 0 fully saturated rings. The van der Waals surface area contributed by atoms with Gasteiger partial charge in [-0.15, -0.1) is 0 Å². The van der Waals surface area contributed by atoms with Crippen molar-refractivity contribution in [1.82, 2.24) is 0 Å². The average molecular weight is 401 g/mol. The molecule has 0 aliphatic heterocycles. The number of nitrogens with one attached hydrogen (secondary N) is 1. The number of phenolic OH excluding ortho intramolecular Hbond substituents is 1. The molecule has 0 aliphatic rings. The summed E-state index contributed by atoms with van der Waals surface area (Å²) in [5, 5.41) is 13.7. The van der Waals surface area contributed by atoms with Gasteiger partial charge in [-0.2, -0.15) is 0 Å². The van der Waals surface area contributed by atoms with E-state index in [1.54, 1.807) is 23.1 Å². The van der Waals surface area contributed by atoms with Crippen LogP contribution >= 0.6 is 23.8 Å². The monoisotopic (exact) mass is 400 g/mol. The predicted molar refractivity (Wildman–Crippen MR) is 113 cm³/mol. The van der Waals surface area contributed by atoms with Gasteiger partial charge in [0.1, 0.15) is 11.6 Å². The van der Waals surface area contributed by atoms with Crippen LogP contribution in [-0.2, 0) is 6.54 Å². The lowest BCUT2D eigenvalue weighted by Crippen LogP contribution is -2.34. The fraction of sp³-hybridized carbons (Fsp3) is 0.0952. The highest BCUT2D eigenvalue weighted by molar-refractivity contribution is 7.80. The number of phenols is 1. The minimum atomic E-state index is -0.500. The zero-order chi connectivity index (χ0) is 19.4. The first-order chi connectivity index (χ1) is 12.9. The smallest absolute Gasteiger partial charge is 0.178 e. The molecule has 6 heteroatoms. The lowest BCUT2D eigenvalue weighted by molar-refractivity contribution is 0.468. The van der Waals surface area contributed by atoms with Gasteiger partial charge in [-0.1, -0.05) is 41.9 Å². The van der Waals surface area contributed by atoms with Crippen LogP contribution in [0.25, 0.3) is 0 Å². The normalized spacial score (nSPS) is 10.5. The van der Waals surface area contributed by atoms with Crippen LogP contribution in [0.4, 0.5) is 15.8 Å². The molecule has 138 valence electrons. The second-order valence-electron chi connectivity index (χ2n) is 6.11. The first-order valence-electron chi connectivity index (χ1n) is 8.31. The van der Waals surface area contributed by atoms with E-state index in [1.165, 1.54) is 12.1 Å². The molecule has 0 spiro atoms. The van der Waals surface area contributed by atoms with Crippen LogP contribution in [0.15, 0.2) is 66.7 Å². The van der Waals surface area contributed by atoms with Crippen LogP contribution in [0.3, 0.4) is 0 Å². The Kier molecular flexibility index (Phi) is 5.94. The molecule has 0 aromatic heterocycles. The molecule has 0 unspecified atom stereocenters. The molecule has 0 heterocycles. The Hall–Kier alpha value is -2.63. The second-order valence-corrected chi connectivity index (χ2v) is 6.91. The number of halogens is 2. The SMILES string of the molecule is Cc1cccc(NC(=S)N(Cc2ccccc2O)c2ccc(F)c(Cl)c2)c1. The Bertz CT molecular complexity index is 980. The van der Waals surface area contributed by atoms with Crippen molar-refractivity contribution in [2.24, 2.45) is 0 Å². The summed E-state index contributed by atoms with van der Waals surface area (Å²) in [5.74, 6) is -0.338. The predicted octanol–water partition coefficient (Wildman–Crippen LogP) is 5.90. The molecule has 0 saturated heterocycles. The van der Waals surface area contributed by atoms with E-state index >= 15 is 0 Å². The number of aromatic hydroxyl groups is 1. The van der Waals surface area contributed by atoms with E-state index in [9.17, 15) is 9.50 Å². The largest absolute Gasteiger partial charge is 0.508 e. The van der Waals surface area contributed by atoms with Gasteiger partial charge in [-0.3, -0.25) is 0 Å². The van der Waals surface area contributed by atoms with Gasteiger partial charge in [0.05, 0.1) is 11.6 Å². The van der Waals surface area contributed by atoms with Gasteiger partial charge in [-0.05, 0) is 61.1 Å². The average Bonchev–Trinajstić information content (AvgIpc) is 2.63. The summed E-state index contributed by atoms with van der Waals surface area (Å²) in [6, 6.07) is 19.2. The third kappa shape index (κ3) is 4.76. The molecule has 0 amide bonds. The summed E-state index contributed by atoms with van der Waals surface area (Å²) >= 11 is 11.6. The molecule has 2 N–H and O–H groups in total. The fourth-order valence-corrected chi connectivity index (χ4v) is 3.12. The summed E-state index contributed by atoms with van der Waals surface area (Å²) in [6.45, 7) is 2.29. The van der Waals surface area contributed by atoms with Crippen LogP contribution in [0, 0.1) is 12.7 Å². The number of anilines is 2. The zero-order valence-electron chi connectivity index (χ0n) is 14.6. The van der Waals surface area contributed by atoms with Crippen LogP contribution in [0.5, 0.6) is 5.75 Å². The van der Waals surface area contributed by atoms with Crippen molar-refractivity contribution in [3.05, 3.63) is 88.7 Å². The van der Waals surface area contributed by atoms with Crippen molar-refractivity contribution in [2.75, 3.05) is 10.2 Å². The molecule has 3 aromatic carbocycles. The van der Waals surface area contributed by atoms with E-state index in [0.29, 0.717) is 22.9 Å². The van der Waals surface area contributed by atoms with E-state index in [1.807, 2.05) is 43.3 Å². The van der Waals surface area contributed by atoms with Crippen LogP contribution in [0.1, 0.15) is 11.1 Å². The third-order valence-electron chi connectivity index (χ3n) is 4.05. The molecule has 27 heavy (non-hydrogen) atoms. The van der Waals surface area contributed by atoms with E-state index in [2.05, 4.69) is 5.32 Å². The summed E-state index contributed by atoms with van der Waals surface area (Å²) < 4.78 is 13.6. The van der Waals surface area contributed by atoms with Crippen molar-refractivity contribution < 1.29 is 9.50 Å². The van der Waals surface area contributed by atoms with Gasteiger partial charge in [0.2, 0.25) is 0 Å². The topological polar surface area (TPSA) is 35.5 Å². The molecular formula is C21H18ClFN2OS. The zero-order valence-corrected chi connectivity index (χ0v) is 16.2. The standard InChI is InChI=1S/C21H18ClFN2OS/c1-14-5-4-7-16(11-14)24-21(27)25(13-15-6-2-3-8-20(15)26)17-9-10-19(23)18(22)12-17/h2-12,26H,13H2,1H3,(H,24,27). The van der Waals surface area contributed by atoms with E-state index in [0.717, 1.165) is 11.3 Å². The number of rotatable bonds is 4. The minimum absolute atomic E-state index is 0.00754. The Labute approximate surface area is 168 Å².